The van der Waals surface area contributed by atoms with E-state index in [0.717, 1.165) is 29.2 Å². The Morgan fingerprint density at radius 3 is 3.00 bits per heavy atom. The molecule has 0 spiro atoms. The monoisotopic (exact) mass is 254 g/mol. The number of benzene rings is 1. The van der Waals surface area contributed by atoms with Gasteiger partial charge in [-0.3, -0.25) is 4.90 Å². The number of hydrogen-bond acceptors (Lipinski definition) is 3. The van der Waals surface area contributed by atoms with Crippen LogP contribution in [0, 0.1) is 5.82 Å². The predicted octanol–water partition coefficient (Wildman–Crippen LogP) is 2.22. The Bertz CT molecular complexity index is 384. The molecule has 17 heavy (non-hydrogen) atoms. The zero-order valence-corrected chi connectivity index (χ0v) is 11.0. The van der Waals surface area contributed by atoms with E-state index in [1.165, 1.54) is 0 Å². The molecule has 0 bridgehead atoms. The topological polar surface area (TPSA) is 29.3 Å². The summed E-state index contributed by atoms with van der Waals surface area (Å²) in [5.74, 6) is 2.16. The van der Waals surface area contributed by atoms with Gasteiger partial charge in [0, 0.05) is 42.7 Å². The van der Waals surface area contributed by atoms with Crippen molar-refractivity contribution in [3.63, 3.8) is 0 Å². The Morgan fingerprint density at radius 1 is 1.53 bits per heavy atom. The summed E-state index contributed by atoms with van der Waals surface area (Å²) in [6, 6.07) is 5.87. The molecule has 0 radical (unpaired) electrons. The minimum Gasteiger partial charge on any atom is -0.326 e. The second-order valence-electron chi connectivity index (χ2n) is 4.52. The standard InChI is InChI=1S/C13H19FN2S/c1-10-9-17-5-4-16(10)8-12-3-2-11(7-15)6-13(12)14/h2-3,6,10H,4-5,7-9,15H2,1H3. The average molecular weight is 254 g/mol. The van der Waals surface area contributed by atoms with Gasteiger partial charge in [-0.1, -0.05) is 12.1 Å². The number of nitrogens with two attached hydrogens (primary N) is 1. The van der Waals surface area contributed by atoms with Crippen LogP contribution < -0.4 is 5.73 Å². The molecule has 2 nitrogen and oxygen atoms in total. The second-order valence-corrected chi connectivity index (χ2v) is 5.67. The molecular formula is C13H19FN2S. The number of nitrogens with zero attached hydrogens (tertiary/aromatic N) is 1. The Labute approximate surface area is 106 Å². The number of thioether (sulfide) groups is 1. The van der Waals surface area contributed by atoms with Crippen LogP contribution >= 0.6 is 11.8 Å². The molecule has 0 amide bonds. The van der Waals surface area contributed by atoms with Crippen molar-refractivity contribution in [1.29, 1.82) is 0 Å². The van der Waals surface area contributed by atoms with Gasteiger partial charge in [-0.15, -0.1) is 0 Å². The lowest BCUT2D eigenvalue weighted by Gasteiger charge is -2.33. The van der Waals surface area contributed by atoms with E-state index in [1.807, 2.05) is 23.9 Å². The van der Waals surface area contributed by atoms with Crippen molar-refractivity contribution >= 4 is 11.8 Å². The average Bonchev–Trinajstić information content (AvgIpc) is 2.34. The van der Waals surface area contributed by atoms with E-state index in [2.05, 4.69) is 11.8 Å². The molecule has 1 fully saturated rings. The van der Waals surface area contributed by atoms with Gasteiger partial charge in [0.25, 0.3) is 0 Å². The highest BCUT2D eigenvalue weighted by Gasteiger charge is 2.19. The summed E-state index contributed by atoms with van der Waals surface area (Å²) in [7, 11) is 0. The van der Waals surface area contributed by atoms with Crippen LogP contribution in [-0.2, 0) is 13.1 Å². The molecule has 0 aromatic heterocycles. The molecule has 1 unspecified atom stereocenters. The van der Waals surface area contributed by atoms with Crippen molar-refractivity contribution in [2.24, 2.45) is 5.73 Å². The van der Waals surface area contributed by atoms with Crippen LogP contribution in [0.5, 0.6) is 0 Å². The van der Waals surface area contributed by atoms with Crippen molar-refractivity contribution in [1.82, 2.24) is 4.90 Å². The molecule has 4 heteroatoms. The Balaban J connectivity index is 2.07. The Kier molecular flexibility index (Phi) is 4.42. The highest BCUT2D eigenvalue weighted by molar-refractivity contribution is 7.99. The summed E-state index contributed by atoms with van der Waals surface area (Å²) in [4.78, 5) is 2.34. The SMILES string of the molecule is CC1CSCCN1Cc1ccc(CN)cc1F. The summed E-state index contributed by atoms with van der Waals surface area (Å²) in [5, 5.41) is 0. The summed E-state index contributed by atoms with van der Waals surface area (Å²) >= 11 is 1.98. The fraction of sp³-hybridized carbons (Fsp3) is 0.538. The first-order chi connectivity index (χ1) is 8.20. The molecule has 94 valence electrons. The van der Waals surface area contributed by atoms with Gasteiger partial charge in [0.2, 0.25) is 0 Å². The van der Waals surface area contributed by atoms with E-state index in [0.29, 0.717) is 19.1 Å². The molecule has 2 N–H and O–H groups in total. The van der Waals surface area contributed by atoms with Crippen LogP contribution in [0.15, 0.2) is 18.2 Å². The van der Waals surface area contributed by atoms with E-state index < -0.39 is 0 Å². The van der Waals surface area contributed by atoms with Crippen molar-refractivity contribution in [2.45, 2.75) is 26.1 Å². The van der Waals surface area contributed by atoms with Crippen LogP contribution in [0.25, 0.3) is 0 Å². The third-order valence-electron chi connectivity index (χ3n) is 3.23. The molecule has 1 aromatic carbocycles. The Hall–Kier alpha value is -0.580. The molecule has 1 atom stereocenters. The van der Waals surface area contributed by atoms with Gasteiger partial charge >= 0.3 is 0 Å². The fourth-order valence-electron chi connectivity index (χ4n) is 2.06. The van der Waals surface area contributed by atoms with Gasteiger partial charge in [0.1, 0.15) is 5.82 Å². The van der Waals surface area contributed by atoms with Gasteiger partial charge < -0.3 is 5.73 Å². The first kappa shape index (κ1) is 12.9. The largest absolute Gasteiger partial charge is 0.326 e. The third kappa shape index (κ3) is 3.21. The highest BCUT2D eigenvalue weighted by Crippen LogP contribution is 2.20. The maximum Gasteiger partial charge on any atom is 0.128 e. The van der Waals surface area contributed by atoms with Gasteiger partial charge in [0.05, 0.1) is 0 Å². The van der Waals surface area contributed by atoms with E-state index in [9.17, 15) is 4.39 Å². The van der Waals surface area contributed by atoms with Crippen molar-refractivity contribution < 1.29 is 4.39 Å². The lowest BCUT2D eigenvalue weighted by Crippen LogP contribution is -2.39. The zero-order valence-electron chi connectivity index (χ0n) is 10.2. The second kappa shape index (κ2) is 5.85. The molecule has 0 aliphatic carbocycles. The van der Waals surface area contributed by atoms with E-state index in [1.54, 1.807) is 6.07 Å². The summed E-state index contributed by atoms with van der Waals surface area (Å²) in [6.45, 7) is 4.36. The molecule has 0 saturated carbocycles. The quantitative estimate of drug-likeness (QED) is 0.897. The molecule has 1 heterocycles. The first-order valence-corrected chi connectivity index (χ1v) is 7.15. The normalized spacial score (nSPS) is 21.7. The van der Waals surface area contributed by atoms with Crippen molar-refractivity contribution in [3.05, 3.63) is 35.1 Å². The number of rotatable bonds is 3. The highest BCUT2D eigenvalue weighted by atomic mass is 32.2. The van der Waals surface area contributed by atoms with Crippen LogP contribution in [0.3, 0.4) is 0 Å². The smallest absolute Gasteiger partial charge is 0.128 e. The summed E-state index contributed by atoms with van der Waals surface area (Å²) < 4.78 is 13.8. The minimum absolute atomic E-state index is 0.127. The Morgan fingerprint density at radius 2 is 2.35 bits per heavy atom. The van der Waals surface area contributed by atoms with E-state index in [-0.39, 0.29) is 5.82 Å². The predicted molar refractivity (Wildman–Crippen MR) is 71.5 cm³/mol. The van der Waals surface area contributed by atoms with Crippen molar-refractivity contribution in [3.8, 4) is 0 Å². The van der Waals surface area contributed by atoms with E-state index >= 15 is 0 Å². The van der Waals surface area contributed by atoms with Crippen LogP contribution in [0.2, 0.25) is 0 Å². The van der Waals surface area contributed by atoms with Crippen molar-refractivity contribution in [2.75, 3.05) is 18.1 Å². The minimum atomic E-state index is -0.127. The molecule has 1 aliphatic rings. The summed E-state index contributed by atoms with van der Waals surface area (Å²) in [5.41, 5.74) is 7.13. The lowest BCUT2D eigenvalue weighted by atomic mass is 10.1. The molecule has 1 aromatic rings. The van der Waals surface area contributed by atoms with Gasteiger partial charge in [-0.2, -0.15) is 11.8 Å². The summed E-state index contributed by atoms with van der Waals surface area (Å²) in [6.07, 6.45) is 0. The zero-order chi connectivity index (χ0) is 12.3. The van der Waals surface area contributed by atoms with E-state index in [4.69, 9.17) is 5.73 Å². The maximum atomic E-state index is 13.8. The number of halogens is 1. The molecule has 1 saturated heterocycles. The first-order valence-electron chi connectivity index (χ1n) is 6.00. The van der Waals surface area contributed by atoms with Gasteiger partial charge in [0.15, 0.2) is 0 Å². The maximum absolute atomic E-state index is 13.8. The third-order valence-corrected chi connectivity index (χ3v) is 4.42. The van der Waals surface area contributed by atoms with Crippen LogP contribution in [0.1, 0.15) is 18.1 Å². The number of hydrogen-bond donors (Lipinski definition) is 1. The van der Waals surface area contributed by atoms with Crippen LogP contribution in [-0.4, -0.2) is 29.0 Å². The fourth-order valence-corrected chi connectivity index (χ4v) is 3.14. The molecule has 2 rings (SSSR count). The van der Waals surface area contributed by atoms with Gasteiger partial charge in [-0.05, 0) is 18.6 Å². The lowest BCUT2D eigenvalue weighted by molar-refractivity contribution is 0.221. The van der Waals surface area contributed by atoms with Gasteiger partial charge in [-0.25, -0.2) is 4.39 Å². The molecular weight excluding hydrogens is 235 g/mol. The van der Waals surface area contributed by atoms with Crippen LogP contribution in [0.4, 0.5) is 4.39 Å². The molecule has 1 aliphatic heterocycles.